The highest BCUT2D eigenvalue weighted by molar-refractivity contribution is 6.30. The maximum absolute atomic E-state index is 11.8. The lowest BCUT2D eigenvalue weighted by Crippen LogP contribution is -2.25. The second kappa shape index (κ2) is 8.11. The van der Waals surface area contributed by atoms with Gasteiger partial charge in [0.25, 0.3) is 0 Å². The van der Waals surface area contributed by atoms with Crippen molar-refractivity contribution >= 4 is 17.5 Å². The summed E-state index contributed by atoms with van der Waals surface area (Å²) in [6.45, 7) is 0.301. The van der Waals surface area contributed by atoms with E-state index in [0.29, 0.717) is 18.0 Å². The maximum atomic E-state index is 11.8. The van der Waals surface area contributed by atoms with E-state index in [2.05, 4.69) is 17.2 Å². The molecule has 0 radical (unpaired) electrons. The fraction of sp³-hybridized carbons (Fsp3) is 0.167. The van der Waals surface area contributed by atoms with E-state index in [-0.39, 0.29) is 5.91 Å². The van der Waals surface area contributed by atoms with Crippen molar-refractivity contribution in [1.82, 2.24) is 5.32 Å². The van der Waals surface area contributed by atoms with Gasteiger partial charge in [-0.1, -0.05) is 41.6 Å². The highest BCUT2D eigenvalue weighted by atomic mass is 35.5. The fourth-order valence-corrected chi connectivity index (χ4v) is 2.08. The molecule has 0 atom stereocenters. The van der Waals surface area contributed by atoms with Gasteiger partial charge in [0.2, 0.25) is 5.91 Å². The first-order valence-corrected chi connectivity index (χ1v) is 7.19. The summed E-state index contributed by atoms with van der Waals surface area (Å²) >= 11 is 5.88. The zero-order chi connectivity index (χ0) is 15.8. The summed E-state index contributed by atoms with van der Waals surface area (Å²) in [5.41, 5.74) is 1.73. The van der Waals surface area contributed by atoms with Crippen LogP contribution in [0.1, 0.15) is 11.1 Å². The molecule has 22 heavy (non-hydrogen) atoms. The predicted octanol–water partition coefficient (Wildman–Crippen LogP) is 3.06. The summed E-state index contributed by atoms with van der Waals surface area (Å²) in [5, 5.41) is 3.41. The van der Waals surface area contributed by atoms with Crippen LogP contribution in [0.15, 0.2) is 48.5 Å². The summed E-state index contributed by atoms with van der Waals surface area (Å²) in [6, 6.07) is 14.7. The van der Waals surface area contributed by atoms with E-state index in [4.69, 9.17) is 16.3 Å². The van der Waals surface area contributed by atoms with Crippen LogP contribution in [0.25, 0.3) is 0 Å². The number of ether oxygens (including phenoxy) is 1. The van der Waals surface area contributed by atoms with Crippen LogP contribution in [-0.2, 0) is 11.2 Å². The van der Waals surface area contributed by atoms with Crippen molar-refractivity contribution in [3.8, 4) is 17.6 Å². The third-order valence-electron chi connectivity index (χ3n) is 2.93. The Labute approximate surface area is 135 Å². The van der Waals surface area contributed by atoms with Gasteiger partial charge < -0.3 is 10.1 Å². The predicted molar refractivity (Wildman–Crippen MR) is 88.0 cm³/mol. The molecule has 0 aliphatic heterocycles. The Bertz CT molecular complexity index is 716. The lowest BCUT2D eigenvalue weighted by molar-refractivity contribution is -0.120. The van der Waals surface area contributed by atoms with Crippen molar-refractivity contribution in [2.75, 3.05) is 13.7 Å². The Morgan fingerprint density at radius 1 is 1.23 bits per heavy atom. The molecule has 1 amide bonds. The van der Waals surface area contributed by atoms with Crippen LogP contribution in [0.3, 0.4) is 0 Å². The zero-order valence-corrected chi connectivity index (χ0v) is 13.0. The van der Waals surface area contributed by atoms with Gasteiger partial charge in [0.05, 0.1) is 20.1 Å². The van der Waals surface area contributed by atoms with Crippen molar-refractivity contribution in [3.63, 3.8) is 0 Å². The molecule has 3 nitrogen and oxygen atoms in total. The largest absolute Gasteiger partial charge is 0.497 e. The molecular weight excluding hydrogens is 298 g/mol. The minimum atomic E-state index is -0.0753. The second-order valence-corrected chi connectivity index (χ2v) is 5.05. The molecule has 0 saturated carbocycles. The molecule has 0 bridgehead atoms. The maximum Gasteiger partial charge on any atom is 0.225 e. The first kappa shape index (κ1) is 15.9. The normalized spacial score (nSPS) is 9.55. The van der Waals surface area contributed by atoms with Gasteiger partial charge in [0.15, 0.2) is 0 Å². The summed E-state index contributed by atoms with van der Waals surface area (Å²) in [7, 11) is 1.60. The molecule has 1 N–H and O–H groups in total. The average molecular weight is 314 g/mol. The quantitative estimate of drug-likeness (QED) is 0.881. The summed E-state index contributed by atoms with van der Waals surface area (Å²) in [4.78, 5) is 11.8. The van der Waals surface area contributed by atoms with Crippen LogP contribution in [0.2, 0.25) is 5.02 Å². The van der Waals surface area contributed by atoms with Gasteiger partial charge in [-0.25, -0.2) is 0 Å². The number of methoxy groups -OCH3 is 1. The van der Waals surface area contributed by atoms with Crippen LogP contribution in [-0.4, -0.2) is 19.6 Å². The van der Waals surface area contributed by atoms with Gasteiger partial charge in [-0.2, -0.15) is 0 Å². The standard InChI is InChI=1S/C18H16ClNO2/c1-22-17-9-3-6-15(12-17)13-18(21)20-10-4-7-14-5-2-8-16(19)11-14/h2-3,5-6,8-9,11-12H,10,13H2,1H3,(H,20,21). The Morgan fingerprint density at radius 3 is 2.82 bits per heavy atom. The lowest BCUT2D eigenvalue weighted by Gasteiger charge is -2.04. The number of halogens is 1. The topological polar surface area (TPSA) is 38.3 Å². The van der Waals surface area contributed by atoms with Crippen molar-refractivity contribution < 1.29 is 9.53 Å². The van der Waals surface area contributed by atoms with Crippen LogP contribution < -0.4 is 10.1 Å². The zero-order valence-electron chi connectivity index (χ0n) is 12.2. The molecule has 0 aliphatic carbocycles. The molecule has 0 aromatic heterocycles. The van der Waals surface area contributed by atoms with Crippen molar-refractivity contribution in [3.05, 3.63) is 64.7 Å². The number of nitrogens with one attached hydrogen (secondary N) is 1. The van der Waals surface area contributed by atoms with Crippen LogP contribution in [0.5, 0.6) is 5.75 Å². The second-order valence-electron chi connectivity index (χ2n) is 4.62. The number of carbonyl (C=O) groups is 1. The fourth-order valence-electron chi connectivity index (χ4n) is 1.89. The minimum absolute atomic E-state index is 0.0753. The number of rotatable bonds is 4. The van der Waals surface area contributed by atoms with Gasteiger partial charge in [-0.3, -0.25) is 4.79 Å². The smallest absolute Gasteiger partial charge is 0.225 e. The van der Waals surface area contributed by atoms with Crippen LogP contribution >= 0.6 is 11.6 Å². The monoisotopic (exact) mass is 313 g/mol. The number of amides is 1. The molecule has 0 saturated heterocycles. The highest BCUT2D eigenvalue weighted by Gasteiger charge is 2.03. The highest BCUT2D eigenvalue weighted by Crippen LogP contribution is 2.12. The van der Waals surface area contributed by atoms with Crippen LogP contribution in [0, 0.1) is 11.8 Å². The van der Waals surface area contributed by atoms with Gasteiger partial charge in [0, 0.05) is 10.6 Å². The Hall–Kier alpha value is -2.44. The van der Waals surface area contributed by atoms with Crippen molar-refractivity contribution in [2.45, 2.75) is 6.42 Å². The molecule has 0 spiro atoms. The van der Waals surface area contributed by atoms with E-state index in [0.717, 1.165) is 16.9 Å². The van der Waals surface area contributed by atoms with Gasteiger partial charge in [0.1, 0.15) is 5.75 Å². The van der Waals surface area contributed by atoms with Gasteiger partial charge >= 0.3 is 0 Å². The molecular formula is C18H16ClNO2. The molecule has 0 unspecified atom stereocenters. The summed E-state index contributed by atoms with van der Waals surface area (Å²) < 4.78 is 5.13. The minimum Gasteiger partial charge on any atom is -0.497 e. The third-order valence-corrected chi connectivity index (χ3v) is 3.17. The summed E-state index contributed by atoms with van der Waals surface area (Å²) in [6.07, 6.45) is 0.302. The Balaban J connectivity index is 1.83. The van der Waals surface area contributed by atoms with E-state index in [9.17, 15) is 4.79 Å². The Kier molecular flexibility index (Phi) is 5.88. The molecule has 0 fully saturated rings. The molecule has 0 heterocycles. The molecule has 2 aromatic carbocycles. The van der Waals surface area contributed by atoms with Crippen molar-refractivity contribution in [1.29, 1.82) is 0 Å². The third kappa shape index (κ3) is 5.16. The lowest BCUT2D eigenvalue weighted by atomic mass is 10.1. The van der Waals surface area contributed by atoms with E-state index in [1.165, 1.54) is 0 Å². The number of benzene rings is 2. The van der Waals surface area contributed by atoms with Gasteiger partial charge in [-0.05, 0) is 35.9 Å². The molecule has 112 valence electrons. The number of hydrogen-bond acceptors (Lipinski definition) is 2. The molecule has 0 aliphatic rings. The average Bonchev–Trinajstić information content (AvgIpc) is 2.52. The van der Waals surface area contributed by atoms with E-state index >= 15 is 0 Å². The van der Waals surface area contributed by atoms with E-state index < -0.39 is 0 Å². The van der Waals surface area contributed by atoms with Gasteiger partial charge in [-0.15, -0.1) is 0 Å². The molecule has 2 rings (SSSR count). The first-order chi connectivity index (χ1) is 10.7. The summed E-state index contributed by atoms with van der Waals surface area (Å²) in [5.74, 6) is 6.52. The van der Waals surface area contributed by atoms with E-state index in [1.54, 1.807) is 19.2 Å². The van der Waals surface area contributed by atoms with Crippen molar-refractivity contribution in [2.24, 2.45) is 0 Å². The molecule has 2 aromatic rings. The Morgan fingerprint density at radius 2 is 2.05 bits per heavy atom. The molecule has 4 heteroatoms. The first-order valence-electron chi connectivity index (χ1n) is 6.81. The number of carbonyl (C=O) groups excluding carboxylic acids is 1. The SMILES string of the molecule is COc1cccc(CC(=O)NCC#Cc2cccc(Cl)c2)c1. The van der Waals surface area contributed by atoms with E-state index in [1.807, 2.05) is 36.4 Å². The number of hydrogen-bond donors (Lipinski definition) is 1. The van der Waals surface area contributed by atoms with Crippen LogP contribution in [0.4, 0.5) is 0 Å².